The van der Waals surface area contributed by atoms with Gasteiger partial charge in [0.1, 0.15) is 11.5 Å². The highest BCUT2D eigenvalue weighted by Gasteiger charge is 2.37. The Balaban J connectivity index is 2.12. The van der Waals surface area contributed by atoms with Crippen LogP contribution in [0.5, 0.6) is 0 Å². The van der Waals surface area contributed by atoms with Gasteiger partial charge in [0.05, 0.1) is 0 Å². The third kappa shape index (κ3) is 3.98. The Morgan fingerprint density at radius 3 is 2.81 bits per heavy atom. The van der Waals surface area contributed by atoms with Gasteiger partial charge in [0, 0.05) is 29.2 Å². The van der Waals surface area contributed by atoms with Gasteiger partial charge in [0.25, 0.3) is 0 Å². The number of pyridine rings is 1. The molecule has 0 saturated heterocycles. The lowest BCUT2D eigenvalue weighted by molar-refractivity contribution is 0.350. The van der Waals surface area contributed by atoms with Crippen LogP contribution in [0.4, 0.5) is 0 Å². The fourth-order valence-electron chi connectivity index (χ4n) is 2.11. The maximum Gasteiger partial charge on any atom is 0.242 e. The number of hydrogen-bond acceptors (Lipinski definition) is 5. The zero-order chi connectivity index (χ0) is 15.3. The number of nitrogens with zero attached hydrogens (tertiary/aromatic N) is 1. The van der Waals surface area contributed by atoms with Gasteiger partial charge in [-0.3, -0.25) is 4.98 Å². The van der Waals surface area contributed by atoms with Crippen LogP contribution < -0.4 is 4.72 Å². The number of aliphatic hydroxyl groups is 1. The monoisotopic (exact) mass is 326 g/mol. The van der Waals surface area contributed by atoms with Gasteiger partial charge >= 0.3 is 0 Å². The third-order valence-electron chi connectivity index (χ3n) is 3.62. The molecule has 2 N–H and O–H groups in total. The van der Waals surface area contributed by atoms with Crippen molar-refractivity contribution in [2.45, 2.75) is 28.9 Å². The van der Waals surface area contributed by atoms with Crippen LogP contribution in [0.25, 0.3) is 0 Å². The van der Waals surface area contributed by atoms with Crippen LogP contribution in [-0.4, -0.2) is 42.7 Å². The summed E-state index contributed by atoms with van der Waals surface area (Å²) >= 11 is 1.72. The molecule has 1 aliphatic rings. The molecule has 1 aromatic heterocycles. The highest BCUT2D eigenvalue weighted by Crippen LogP contribution is 2.42. The van der Waals surface area contributed by atoms with Crippen molar-refractivity contribution in [2.75, 3.05) is 19.4 Å². The van der Waals surface area contributed by atoms with Crippen LogP contribution in [0.15, 0.2) is 23.4 Å². The third-order valence-corrected chi connectivity index (χ3v) is 6.40. The van der Waals surface area contributed by atoms with Crippen LogP contribution >= 0.6 is 11.8 Å². The van der Waals surface area contributed by atoms with Gasteiger partial charge in [-0.25, -0.2) is 13.1 Å². The second kappa shape index (κ2) is 6.79. The molecule has 0 aromatic carbocycles. The summed E-state index contributed by atoms with van der Waals surface area (Å²) in [5, 5.41) is 8.66. The quantitative estimate of drug-likeness (QED) is 0.789. The van der Waals surface area contributed by atoms with Gasteiger partial charge in [-0.2, -0.15) is 11.8 Å². The van der Waals surface area contributed by atoms with Crippen molar-refractivity contribution in [3.63, 3.8) is 0 Å². The van der Waals surface area contributed by atoms with Gasteiger partial charge in [-0.15, -0.1) is 0 Å². The van der Waals surface area contributed by atoms with Crippen LogP contribution in [0.3, 0.4) is 0 Å². The average Bonchev–Trinajstić information content (AvgIpc) is 2.45. The summed E-state index contributed by atoms with van der Waals surface area (Å²) in [4.78, 5) is 3.99. The van der Waals surface area contributed by atoms with Crippen molar-refractivity contribution in [1.29, 1.82) is 0 Å². The van der Waals surface area contributed by atoms with E-state index in [1.807, 2.05) is 6.26 Å². The smallest absolute Gasteiger partial charge is 0.242 e. The van der Waals surface area contributed by atoms with E-state index in [1.54, 1.807) is 11.8 Å². The second-order valence-corrected chi connectivity index (χ2v) is 7.98. The number of rotatable bonds is 5. The Hall–Kier alpha value is -1.07. The van der Waals surface area contributed by atoms with Crippen molar-refractivity contribution in [3.05, 3.63) is 24.0 Å². The number of aromatic nitrogens is 1. The van der Waals surface area contributed by atoms with Crippen molar-refractivity contribution in [1.82, 2.24) is 9.71 Å². The molecule has 0 amide bonds. The van der Waals surface area contributed by atoms with Crippen molar-refractivity contribution in [3.8, 4) is 11.8 Å². The SMILES string of the molecule is CSC1(CNS(=O)(=O)c2cncc(C#CCO)c2)CCC1. The number of sulfonamides is 1. The molecule has 0 bridgehead atoms. The molecule has 114 valence electrons. The first-order chi connectivity index (χ1) is 10.0. The van der Waals surface area contributed by atoms with Gasteiger partial charge in [0.2, 0.25) is 10.0 Å². The molecule has 0 aliphatic heterocycles. The molecular weight excluding hydrogens is 308 g/mol. The largest absolute Gasteiger partial charge is 0.384 e. The molecule has 1 fully saturated rings. The molecule has 1 aromatic rings. The predicted octanol–water partition coefficient (Wildman–Crippen LogP) is 0.989. The van der Waals surface area contributed by atoms with E-state index < -0.39 is 10.0 Å². The summed E-state index contributed by atoms with van der Waals surface area (Å²) in [5.74, 6) is 5.13. The van der Waals surface area contributed by atoms with Crippen LogP contribution in [0, 0.1) is 11.8 Å². The van der Waals surface area contributed by atoms with Crippen molar-refractivity contribution >= 4 is 21.8 Å². The van der Waals surface area contributed by atoms with Crippen LogP contribution in [0.2, 0.25) is 0 Å². The minimum atomic E-state index is -3.58. The molecule has 1 aliphatic carbocycles. The van der Waals surface area contributed by atoms with E-state index >= 15 is 0 Å². The average molecular weight is 326 g/mol. The number of hydrogen-bond donors (Lipinski definition) is 2. The standard InChI is InChI=1S/C14H18N2O3S2/c1-20-14(5-3-6-14)11-16-21(18,19)13-8-12(4-2-7-17)9-15-10-13/h8-10,16-17H,3,5-7,11H2,1H3. The molecule has 0 unspecified atom stereocenters. The van der Waals surface area contributed by atoms with Gasteiger partial charge in [-0.1, -0.05) is 18.3 Å². The van der Waals surface area contributed by atoms with Crippen LogP contribution in [-0.2, 0) is 10.0 Å². The molecular formula is C14H18N2O3S2. The Bertz CT molecular complexity index is 653. The molecule has 1 heterocycles. The Kier molecular flexibility index (Phi) is 5.27. The summed E-state index contributed by atoms with van der Waals surface area (Å²) in [6, 6.07) is 1.46. The zero-order valence-electron chi connectivity index (χ0n) is 11.8. The van der Waals surface area contributed by atoms with Gasteiger partial charge < -0.3 is 5.11 Å². The summed E-state index contributed by atoms with van der Waals surface area (Å²) in [6.45, 7) is 0.161. The Labute approximate surface area is 129 Å². The first kappa shape index (κ1) is 16.3. The lowest BCUT2D eigenvalue weighted by atomic mass is 9.84. The number of aliphatic hydroxyl groups excluding tert-OH is 1. The van der Waals surface area contributed by atoms with E-state index in [0.717, 1.165) is 19.3 Å². The number of nitrogens with one attached hydrogen (secondary N) is 1. The number of thioether (sulfide) groups is 1. The van der Waals surface area contributed by atoms with E-state index in [-0.39, 0.29) is 16.2 Å². The topological polar surface area (TPSA) is 79.3 Å². The maximum absolute atomic E-state index is 12.3. The highest BCUT2D eigenvalue weighted by molar-refractivity contribution is 8.00. The fourth-order valence-corrected chi connectivity index (χ4v) is 4.23. The summed E-state index contributed by atoms with van der Waals surface area (Å²) < 4.78 is 27.3. The molecule has 0 atom stereocenters. The lowest BCUT2D eigenvalue weighted by Gasteiger charge is -2.40. The van der Waals surface area contributed by atoms with E-state index in [1.165, 1.54) is 18.5 Å². The Morgan fingerprint density at radius 1 is 1.48 bits per heavy atom. The zero-order valence-corrected chi connectivity index (χ0v) is 13.4. The summed E-state index contributed by atoms with van der Waals surface area (Å²) in [7, 11) is -3.58. The Morgan fingerprint density at radius 2 is 2.24 bits per heavy atom. The summed E-state index contributed by atoms with van der Waals surface area (Å²) in [6.07, 6.45) is 8.01. The lowest BCUT2D eigenvalue weighted by Crippen LogP contribution is -2.45. The molecule has 0 radical (unpaired) electrons. The minimum Gasteiger partial charge on any atom is -0.384 e. The molecule has 1 saturated carbocycles. The second-order valence-electron chi connectivity index (χ2n) is 4.93. The van der Waals surface area contributed by atoms with Crippen molar-refractivity contribution in [2.24, 2.45) is 0 Å². The van der Waals surface area contributed by atoms with E-state index in [9.17, 15) is 8.42 Å². The van der Waals surface area contributed by atoms with Gasteiger partial charge in [0.15, 0.2) is 0 Å². The maximum atomic E-state index is 12.3. The molecule has 7 heteroatoms. The fraction of sp³-hybridized carbons (Fsp3) is 0.500. The van der Waals surface area contributed by atoms with E-state index in [2.05, 4.69) is 21.5 Å². The first-order valence-electron chi connectivity index (χ1n) is 6.61. The first-order valence-corrected chi connectivity index (χ1v) is 9.32. The molecule has 5 nitrogen and oxygen atoms in total. The minimum absolute atomic E-state index is 0.0365. The normalized spacial score (nSPS) is 16.7. The summed E-state index contributed by atoms with van der Waals surface area (Å²) in [5.41, 5.74) is 0.468. The van der Waals surface area contributed by atoms with Crippen molar-refractivity contribution < 1.29 is 13.5 Å². The van der Waals surface area contributed by atoms with Gasteiger partial charge in [-0.05, 0) is 25.2 Å². The molecule has 2 rings (SSSR count). The molecule has 21 heavy (non-hydrogen) atoms. The van der Waals surface area contributed by atoms with Crippen LogP contribution in [0.1, 0.15) is 24.8 Å². The predicted molar refractivity (Wildman–Crippen MR) is 83.5 cm³/mol. The van der Waals surface area contributed by atoms with E-state index in [0.29, 0.717) is 12.1 Å². The van der Waals surface area contributed by atoms with E-state index in [4.69, 9.17) is 5.11 Å². The molecule has 0 spiro atoms. The highest BCUT2D eigenvalue weighted by atomic mass is 32.2.